The summed E-state index contributed by atoms with van der Waals surface area (Å²) < 4.78 is 0. The molecule has 0 aliphatic rings. The Balaban J connectivity index is 3.05. The molecular formula is C12H13ClN4. The Morgan fingerprint density at radius 2 is 1.94 bits per heavy atom. The van der Waals surface area contributed by atoms with E-state index in [1.165, 1.54) is 0 Å². The van der Waals surface area contributed by atoms with Gasteiger partial charge in [0.25, 0.3) is 0 Å². The van der Waals surface area contributed by atoms with E-state index in [1.54, 1.807) is 17.0 Å². The molecule has 0 bridgehead atoms. The molecule has 0 spiro atoms. The molecule has 17 heavy (non-hydrogen) atoms. The van der Waals surface area contributed by atoms with Gasteiger partial charge in [-0.15, -0.1) is 0 Å². The largest absolute Gasteiger partial charge is 0.344 e. The zero-order valence-corrected chi connectivity index (χ0v) is 10.3. The summed E-state index contributed by atoms with van der Waals surface area (Å²) in [4.78, 5) is 1.62. The number of benzene rings is 1. The lowest BCUT2D eigenvalue weighted by Gasteiger charge is -2.20. The molecule has 1 atom stereocenters. The van der Waals surface area contributed by atoms with Gasteiger partial charge in [-0.2, -0.15) is 10.5 Å². The number of nitrogens with two attached hydrogens (primary N) is 1. The number of anilines is 1. The molecule has 0 aromatic heterocycles. The van der Waals surface area contributed by atoms with Crippen molar-refractivity contribution < 1.29 is 0 Å². The van der Waals surface area contributed by atoms with Crippen LogP contribution in [-0.2, 0) is 0 Å². The number of halogens is 1. The summed E-state index contributed by atoms with van der Waals surface area (Å²) in [5, 5.41) is 17.9. The zero-order chi connectivity index (χ0) is 12.8. The van der Waals surface area contributed by atoms with E-state index in [4.69, 9.17) is 27.9 Å². The van der Waals surface area contributed by atoms with Crippen LogP contribution in [0.1, 0.15) is 18.5 Å². The van der Waals surface area contributed by atoms with Gasteiger partial charge in [0.15, 0.2) is 0 Å². The van der Waals surface area contributed by atoms with Gasteiger partial charge in [0.2, 0.25) is 0 Å². The second kappa shape index (κ2) is 6.10. The van der Waals surface area contributed by atoms with Gasteiger partial charge in [0, 0.05) is 6.04 Å². The fourth-order valence-electron chi connectivity index (χ4n) is 1.46. The van der Waals surface area contributed by atoms with Crippen molar-refractivity contribution >= 4 is 17.3 Å². The van der Waals surface area contributed by atoms with Crippen LogP contribution in [0.25, 0.3) is 0 Å². The minimum atomic E-state index is -0.0954. The topological polar surface area (TPSA) is 76.8 Å². The van der Waals surface area contributed by atoms with Crippen molar-refractivity contribution in [3.05, 3.63) is 28.8 Å². The predicted molar refractivity (Wildman–Crippen MR) is 67.5 cm³/mol. The molecular weight excluding hydrogens is 236 g/mol. The van der Waals surface area contributed by atoms with Crippen LogP contribution in [0.4, 0.5) is 5.69 Å². The highest BCUT2D eigenvalue weighted by Gasteiger charge is 2.11. The highest BCUT2D eigenvalue weighted by atomic mass is 35.5. The van der Waals surface area contributed by atoms with Crippen molar-refractivity contribution in [1.29, 1.82) is 10.5 Å². The highest BCUT2D eigenvalue weighted by Crippen LogP contribution is 2.28. The molecule has 0 amide bonds. The third-order valence-electron chi connectivity index (χ3n) is 2.36. The average Bonchev–Trinajstić information content (AvgIpc) is 2.28. The molecule has 88 valence electrons. The van der Waals surface area contributed by atoms with E-state index in [2.05, 4.69) is 0 Å². The van der Waals surface area contributed by atoms with Gasteiger partial charge in [-0.25, -0.2) is 0 Å². The fourth-order valence-corrected chi connectivity index (χ4v) is 1.77. The predicted octanol–water partition coefficient (Wildman–Crippen LogP) is 2.21. The van der Waals surface area contributed by atoms with Crippen LogP contribution in [0, 0.1) is 22.7 Å². The van der Waals surface area contributed by atoms with E-state index in [-0.39, 0.29) is 19.1 Å². The maximum absolute atomic E-state index is 8.69. The van der Waals surface area contributed by atoms with Gasteiger partial charge >= 0.3 is 0 Å². The van der Waals surface area contributed by atoms with Crippen LogP contribution < -0.4 is 10.6 Å². The Kier molecular flexibility index (Phi) is 4.78. The van der Waals surface area contributed by atoms with Crippen molar-refractivity contribution in [1.82, 2.24) is 0 Å². The third kappa shape index (κ3) is 3.35. The molecule has 0 saturated carbocycles. The van der Waals surface area contributed by atoms with E-state index in [0.29, 0.717) is 10.7 Å². The molecule has 5 heteroatoms. The Hall–Kier alpha value is -1.75. The van der Waals surface area contributed by atoms with Crippen molar-refractivity contribution in [2.24, 2.45) is 5.73 Å². The molecule has 0 radical (unpaired) electrons. The van der Waals surface area contributed by atoms with Crippen LogP contribution in [0.5, 0.6) is 0 Å². The molecule has 2 N–H and O–H groups in total. The van der Waals surface area contributed by atoms with E-state index < -0.39 is 0 Å². The van der Waals surface area contributed by atoms with Gasteiger partial charge in [-0.3, -0.25) is 0 Å². The van der Waals surface area contributed by atoms with Crippen molar-refractivity contribution in [3.63, 3.8) is 0 Å². The van der Waals surface area contributed by atoms with Gasteiger partial charge in [0.05, 0.1) is 22.8 Å². The van der Waals surface area contributed by atoms with Gasteiger partial charge in [0.1, 0.15) is 13.1 Å². The van der Waals surface area contributed by atoms with Crippen LogP contribution in [0.15, 0.2) is 18.2 Å². The number of nitrogens with zero attached hydrogens (tertiary/aromatic N) is 3. The van der Waals surface area contributed by atoms with Gasteiger partial charge < -0.3 is 10.6 Å². The van der Waals surface area contributed by atoms with E-state index in [0.717, 1.165) is 5.56 Å². The number of nitriles is 2. The smallest absolute Gasteiger partial charge is 0.107 e. The maximum Gasteiger partial charge on any atom is 0.107 e. The standard InChI is InChI=1S/C12H13ClN4/c1-9(16)10-2-3-12(11(13)8-10)17(6-4-14)7-5-15/h2-3,8-9H,6-7,16H2,1H3/t9-/m0/s1. The zero-order valence-electron chi connectivity index (χ0n) is 9.52. The lowest BCUT2D eigenvalue weighted by atomic mass is 10.1. The molecule has 0 heterocycles. The molecule has 1 aromatic carbocycles. The summed E-state index contributed by atoms with van der Waals surface area (Å²) in [5.41, 5.74) is 7.35. The van der Waals surface area contributed by atoms with Crippen LogP contribution >= 0.6 is 11.6 Å². The molecule has 0 fully saturated rings. The van der Waals surface area contributed by atoms with E-state index in [9.17, 15) is 0 Å². The SMILES string of the molecule is C[C@H](N)c1ccc(N(CC#N)CC#N)c(Cl)c1. The normalized spacial score (nSPS) is 11.4. The summed E-state index contributed by atoms with van der Waals surface area (Å²) in [6.07, 6.45) is 0. The minimum Gasteiger partial charge on any atom is -0.344 e. The summed E-state index contributed by atoms with van der Waals surface area (Å²) in [6.45, 7) is 2.13. The summed E-state index contributed by atoms with van der Waals surface area (Å²) in [6, 6.07) is 9.33. The summed E-state index contributed by atoms with van der Waals surface area (Å²) in [5.74, 6) is 0. The second-order valence-corrected chi connectivity index (χ2v) is 4.08. The first-order valence-electron chi connectivity index (χ1n) is 5.14. The molecule has 4 nitrogen and oxygen atoms in total. The molecule has 0 aliphatic heterocycles. The Morgan fingerprint density at radius 3 is 2.35 bits per heavy atom. The Labute approximate surface area is 106 Å². The number of hydrogen-bond acceptors (Lipinski definition) is 4. The molecule has 1 aromatic rings. The summed E-state index contributed by atoms with van der Waals surface area (Å²) >= 11 is 6.12. The monoisotopic (exact) mass is 248 g/mol. The van der Waals surface area contributed by atoms with Crippen molar-refractivity contribution in [2.45, 2.75) is 13.0 Å². The maximum atomic E-state index is 8.69. The van der Waals surface area contributed by atoms with Crippen LogP contribution in [-0.4, -0.2) is 13.1 Å². The molecule has 0 unspecified atom stereocenters. The van der Waals surface area contributed by atoms with Crippen molar-refractivity contribution in [3.8, 4) is 12.1 Å². The van der Waals surface area contributed by atoms with Crippen molar-refractivity contribution in [2.75, 3.05) is 18.0 Å². The Bertz CT molecular complexity index is 454. The third-order valence-corrected chi connectivity index (χ3v) is 2.66. The number of hydrogen-bond donors (Lipinski definition) is 1. The lowest BCUT2D eigenvalue weighted by Crippen LogP contribution is -2.24. The first kappa shape index (κ1) is 13.3. The molecule has 0 saturated heterocycles. The molecule has 0 aliphatic carbocycles. The van der Waals surface area contributed by atoms with Gasteiger partial charge in [-0.05, 0) is 24.6 Å². The second-order valence-electron chi connectivity index (χ2n) is 3.67. The van der Waals surface area contributed by atoms with E-state index in [1.807, 2.05) is 25.1 Å². The first-order chi connectivity index (χ1) is 8.10. The first-order valence-corrected chi connectivity index (χ1v) is 5.51. The Morgan fingerprint density at radius 1 is 1.35 bits per heavy atom. The van der Waals surface area contributed by atoms with Gasteiger partial charge in [-0.1, -0.05) is 17.7 Å². The van der Waals surface area contributed by atoms with E-state index >= 15 is 0 Å². The van der Waals surface area contributed by atoms with Crippen LogP contribution in [0.3, 0.4) is 0 Å². The lowest BCUT2D eigenvalue weighted by molar-refractivity contribution is 0.817. The number of rotatable bonds is 4. The fraction of sp³-hybridized carbons (Fsp3) is 0.333. The highest BCUT2D eigenvalue weighted by molar-refractivity contribution is 6.33. The minimum absolute atomic E-state index is 0.0954. The quantitative estimate of drug-likeness (QED) is 0.829. The molecule has 1 rings (SSSR count). The summed E-state index contributed by atoms with van der Waals surface area (Å²) in [7, 11) is 0. The van der Waals surface area contributed by atoms with Crippen LogP contribution in [0.2, 0.25) is 5.02 Å². The average molecular weight is 249 g/mol.